The van der Waals surface area contributed by atoms with E-state index in [1.54, 1.807) is 0 Å². The van der Waals surface area contributed by atoms with Gasteiger partial charge in [0.25, 0.3) is 0 Å². The van der Waals surface area contributed by atoms with Crippen LogP contribution in [0.2, 0.25) is 0 Å². The van der Waals surface area contributed by atoms with E-state index in [1.165, 1.54) is 0 Å². The lowest BCUT2D eigenvalue weighted by Crippen LogP contribution is -2.54. The van der Waals surface area contributed by atoms with Crippen LogP contribution in [0.1, 0.15) is 31.2 Å². The summed E-state index contributed by atoms with van der Waals surface area (Å²) in [4.78, 5) is 23.4. The number of hydrogen-bond acceptors (Lipinski definition) is 4. The maximum atomic E-state index is 11.9. The van der Waals surface area contributed by atoms with Gasteiger partial charge in [0.1, 0.15) is 6.61 Å². The Bertz CT molecular complexity index is 493. The summed E-state index contributed by atoms with van der Waals surface area (Å²) < 4.78 is 5.22. The van der Waals surface area contributed by atoms with Crippen molar-refractivity contribution < 1.29 is 14.3 Å². The molecule has 22 heavy (non-hydrogen) atoms. The Morgan fingerprint density at radius 1 is 1.09 bits per heavy atom. The minimum atomic E-state index is -0.456. The Morgan fingerprint density at radius 2 is 1.73 bits per heavy atom. The number of rotatable bonds is 5. The maximum Gasteiger partial charge on any atom is 0.407 e. The highest BCUT2D eigenvalue weighted by molar-refractivity contribution is 5.78. The summed E-state index contributed by atoms with van der Waals surface area (Å²) in [5, 5.41) is 5.72. The van der Waals surface area contributed by atoms with Crippen molar-refractivity contribution in [3.63, 3.8) is 0 Å². The second-order valence-corrected chi connectivity index (χ2v) is 5.48. The van der Waals surface area contributed by atoms with Gasteiger partial charge in [0.15, 0.2) is 0 Å². The monoisotopic (exact) mass is 305 g/mol. The molecule has 6 heteroatoms. The minimum absolute atomic E-state index is 0.0400. The number of benzene rings is 1. The summed E-state index contributed by atoms with van der Waals surface area (Å²) in [5.41, 5.74) is 6.26. The van der Waals surface area contributed by atoms with Crippen LogP contribution in [0, 0.1) is 0 Å². The molecule has 2 amide bonds. The summed E-state index contributed by atoms with van der Waals surface area (Å²) in [6.45, 7) is 0.195. The van der Waals surface area contributed by atoms with Crippen LogP contribution >= 0.6 is 0 Å². The first kappa shape index (κ1) is 16.3. The lowest BCUT2D eigenvalue weighted by molar-refractivity contribution is -0.120. The molecule has 120 valence electrons. The SMILES string of the molecule is NCC(=O)NC1CCCCC1NC(=O)OCc1ccccc1. The van der Waals surface area contributed by atoms with Crippen molar-refractivity contribution >= 4 is 12.0 Å². The van der Waals surface area contributed by atoms with Crippen LogP contribution in [0.5, 0.6) is 0 Å². The van der Waals surface area contributed by atoms with Crippen LogP contribution < -0.4 is 16.4 Å². The molecule has 0 aliphatic heterocycles. The molecular weight excluding hydrogens is 282 g/mol. The molecule has 0 spiro atoms. The van der Waals surface area contributed by atoms with Gasteiger partial charge in [0.2, 0.25) is 5.91 Å². The number of hydrogen-bond donors (Lipinski definition) is 3. The summed E-state index contributed by atoms with van der Waals surface area (Å²) >= 11 is 0. The molecule has 0 bridgehead atoms. The average molecular weight is 305 g/mol. The number of alkyl carbamates (subject to hydrolysis) is 1. The Hall–Kier alpha value is -2.08. The van der Waals surface area contributed by atoms with E-state index in [9.17, 15) is 9.59 Å². The summed E-state index contributed by atoms with van der Waals surface area (Å²) in [6.07, 6.45) is 3.28. The van der Waals surface area contributed by atoms with E-state index in [2.05, 4.69) is 10.6 Å². The smallest absolute Gasteiger partial charge is 0.407 e. The van der Waals surface area contributed by atoms with E-state index in [1.807, 2.05) is 30.3 Å². The highest BCUT2D eigenvalue weighted by Gasteiger charge is 2.27. The number of carbonyl (C=O) groups is 2. The van der Waals surface area contributed by atoms with E-state index in [4.69, 9.17) is 10.5 Å². The van der Waals surface area contributed by atoms with Gasteiger partial charge < -0.3 is 21.1 Å². The molecule has 0 radical (unpaired) electrons. The molecule has 2 atom stereocenters. The largest absolute Gasteiger partial charge is 0.445 e. The van der Waals surface area contributed by atoms with Gasteiger partial charge in [0, 0.05) is 6.04 Å². The van der Waals surface area contributed by atoms with Crippen LogP contribution in [-0.4, -0.2) is 30.6 Å². The molecule has 6 nitrogen and oxygen atoms in total. The molecule has 1 fully saturated rings. The lowest BCUT2D eigenvalue weighted by atomic mass is 9.90. The standard InChI is InChI=1S/C16H23N3O3/c17-10-15(20)18-13-8-4-5-9-14(13)19-16(21)22-11-12-6-2-1-3-7-12/h1-3,6-7,13-14H,4-5,8-11,17H2,(H,18,20)(H,19,21). The molecule has 1 aromatic rings. The summed E-state index contributed by atoms with van der Waals surface area (Å²) in [5.74, 6) is -0.198. The fraction of sp³-hybridized carbons (Fsp3) is 0.500. The molecule has 1 aliphatic rings. The number of ether oxygens (including phenoxy) is 1. The summed E-state index contributed by atoms with van der Waals surface area (Å²) in [6, 6.07) is 9.33. The molecule has 1 aromatic carbocycles. The topological polar surface area (TPSA) is 93.5 Å². The molecule has 2 unspecified atom stereocenters. The normalized spacial score (nSPS) is 21.0. The number of nitrogens with two attached hydrogens (primary N) is 1. The lowest BCUT2D eigenvalue weighted by Gasteiger charge is -2.32. The number of nitrogens with one attached hydrogen (secondary N) is 2. The van der Waals surface area contributed by atoms with Crippen molar-refractivity contribution in [3.8, 4) is 0 Å². The van der Waals surface area contributed by atoms with Crippen LogP contribution in [-0.2, 0) is 16.1 Å². The molecule has 1 aliphatic carbocycles. The molecular formula is C16H23N3O3. The Kier molecular flexibility index (Phi) is 6.21. The molecule has 0 heterocycles. The van der Waals surface area contributed by atoms with Crippen LogP contribution in [0.4, 0.5) is 4.79 Å². The maximum absolute atomic E-state index is 11.9. The average Bonchev–Trinajstić information content (AvgIpc) is 2.55. The number of amides is 2. The highest BCUT2D eigenvalue weighted by atomic mass is 16.5. The van der Waals surface area contributed by atoms with Crippen LogP contribution in [0.25, 0.3) is 0 Å². The summed E-state index contributed by atoms with van der Waals surface area (Å²) in [7, 11) is 0. The molecule has 0 aromatic heterocycles. The predicted molar refractivity (Wildman–Crippen MR) is 83.0 cm³/mol. The van der Waals surface area contributed by atoms with Gasteiger partial charge in [0.05, 0.1) is 12.6 Å². The van der Waals surface area contributed by atoms with Crippen molar-refractivity contribution in [1.82, 2.24) is 10.6 Å². The van der Waals surface area contributed by atoms with Gasteiger partial charge >= 0.3 is 6.09 Å². The van der Waals surface area contributed by atoms with E-state index in [0.29, 0.717) is 0 Å². The second kappa shape index (κ2) is 8.38. The Morgan fingerprint density at radius 3 is 2.36 bits per heavy atom. The quantitative estimate of drug-likeness (QED) is 0.764. The fourth-order valence-electron chi connectivity index (χ4n) is 2.66. The van der Waals surface area contributed by atoms with Gasteiger partial charge in [-0.05, 0) is 18.4 Å². The van der Waals surface area contributed by atoms with Gasteiger partial charge in [-0.25, -0.2) is 4.79 Å². The van der Waals surface area contributed by atoms with Crippen LogP contribution in [0.3, 0.4) is 0 Å². The van der Waals surface area contributed by atoms with Crippen molar-refractivity contribution in [2.75, 3.05) is 6.54 Å². The third kappa shape index (κ3) is 5.04. The Labute approximate surface area is 130 Å². The molecule has 0 saturated heterocycles. The van der Waals surface area contributed by atoms with Gasteiger partial charge in [-0.1, -0.05) is 43.2 Å². The predicted octanol–water partition coefficient (Wildman–Crippen LogP) is 1.30. The van der Waals surface area contributed by atoms with Gasteiger partial charge in [-0.2, -0.15) is 0 Å². The molecule has 1 saturated carbocycles. The number of carbonyl (C=O) groups excluding carboxylic acids is 2. The zero-order valence-corrected chi connectivity index (χ0v) is 12.6. The van der Waals surface area contributed by atoms with Crippen LogP contribution in [0.15, 0.2) is 30.3 Å². The van der Waals surface area contributed by atoms with E-state index >= 15 is 0 Å². The van der Waals surface area contributed by atoms with E-state index in [0.717, 1.165) is 31.2 Å². The van der Waals surface area contributed by atoms with Crippen molar-refractivity contribution in [2.24, 2.45) is 5.73 Å². The van der Waals surface area contributed by atoms with Crippen molar-refractivity contribution in [1.29, 1.82) is 0 Å². The first-order valence-corrected chi connectivity index (χ1v) is 7.65. The zero-order valence-electron chi connectivity index (χ0n) is 12.6. The first-order valence-electron chi connectivity index (χ1n) is 7.65. The van der Waals surface area contributed by atoms with E-state index in [-0.39, 0.29) is 31.1 Å². The van der Waals surface area contributed by atoms with Gasteiger partial charge in [-0.15, -0.1) is 0 Å². The second-order valence-electron chi connectivity index (χ2n) is 5.48. The third-order valence-electron chi connectivity index (χ3n) is 3.81. The van der Waals surface area contributed by atoms with Gasteiger partial charge in [-0.3, -0.25) is 4.79 Å². The van der Waals surface area contributed by atoms with E-state index < -0.39 is 6.09 Å². The zero-order chi connectivity index (χ0) is 15.8. The third-order valence-corrected chi connectivity index (χ3v) is 3.81. The molecule has 2 rings (SSSR count). The minimum Gasteiger partial charge on any atom is -0.445 e. The highest BCUT2D eigenvalue weighted by Crippen LogP contribution is 2.18. The first-order chi connectivity index (χ1) is 10.7. The Balaban J connectivity index is 1.81. The van der Waals surface area contributed by atoms with Crippen molar-refractivity contribution in [2.45, 2.75) is 44.4 Å². The fourth-order valence-corrected chi connectivity index (χ4v) is 2.66. The molecule has 4 N–H and O–H groups in total. The van der Waals surface area contributed by atoms with Crippen molar-refractivity contribution in [3.05, 3.63) is 35.9 Å².